The van der Waals surface area contributed by atoms with Gasteiger partial charge in [0, 0.05) is 35.1 Å². The summed E-state index contributed by atoms with van der Waals surface area (Å²) in [7, 11) is -1.75. The molecule has 3 aliphatic heterocycles. The summed E-state index contributed by atoms with van der Waals surface area (Å²) in [6.07, 6.45) is 0.121. The molecule has 0 N–H and O–H groups in total. The fourth-order valence-corrected chi connectivity index (χ4v) is 5.77. The van der Waals surface area contributed by atoms with Crippen LogP contribution in [-0.4, -0.2) is 36.4 Å². The van der Waals surface area contributed by atoms with Crippen molar-refractivity contribution in [1.29, 1.82) is 0 Å². The fraction of sp³-hybridized carbons (Fsp3) is 0.357. The highest BCUT2D eigenvalue weighted by atomic mass is 28.3. The lowest BCUT2D eigenvalue weighted by Crippen LogP contribution is -2.47. The lowest BCUT2D eigenvalue weighted by molar-refractivity contribution is -0.188. The molecule has 10 heteroatoms. The lowest BCUT2D eigenvalue weighted by Gasteiger charge is -2.35. The zero-order chi connectivity index (χ0) is 27.0. The molecule has 9 nitrogen and oxygen atoms in total. The van der Waals surface area contributed by atoms with Crippen LogP contribution in [0, 0.1) is 11.5 Å². The van der Waals surface area contributed by atoms with Gasteiger partial charge >= 0.3 is 11.9 Å². The number of carbonyl (C=O) groups excluding carboxylic acids is 2. The Hall–Kier alpha value is -4.10. The van der Waals surface area contributed by atoms with Crippen molar-refractivity contribution < 1.29 is 28.5 Å². The fourth-order valence-electron chi connectivity index (χ4n) is 5.27. The second-order valence-electron chi connectivity index (χ2n) is 10.7. The predicted octanol–water partition coefficient (Wildman–Crippen LogP) is 3.61. The Morgan fingerprint density at radius 3 is 2.55 bits per heavy atom. The van der Waals surface area contributed by atoms with Gasteiger partial charge in [0.2, 0.25) is 12.4 Å². The van der Waals surface area contributed by atoms with E-state index in [1.54, 1.807) is 17.6 Å². The number of rotatable bonds is 2. The third-order valence-corrected chi connectivity index (χ3v) is 7.91. The number of hydrogen-bond donors (Lipinski definition) is 0. The van der Waals surface area contributed by atoms with Crippen molar-refractivity contribution in [3.63, 3.8) is 0 Å². The van der Waals surface area contributed by atoms with Crippen LogP contribution in [0.3, 0.4) is 0 Å². The Labute approximate surface area is 219 Å². The molecule has 0 spiro atoms. The van der Waals surface area contributed by atoms with E-state index in [4.69, 9.17) is 23.9 Å². The van der Waals surface area contributed by atoms with Crippen molar-refractivity contribution in [3.8, 4) is 34.4 Å². The number of ether oxygens (including phenoxy) is 4. The summed E-state index contributed by atoms with van der Waals surface area (Å²) < 4.78 is 23.7. The van der Waals surface area contributed by atoms with Crippen LogP contribution in [0.2, 0.25) is 19.6 Å². The number of pyridine rings is 2. The molecule has 0 saturated carbocycles. The molecule has 0 aliphatic carbocycles. The second-order valence-corrected chi connectivity index (χ2v) is 15.5. The minimum Gasteiger partial charge on any atom is -0.457 e. The molecular formula is C28H26N2O7Si. The van der Waals surface area contributed by atoms with Crippen LogP contribution in [0.4, 0.5) is 0 Å². The van der Waals surface area contributed by atoms with E-state index in [0.717, 1.165) is 16.5 Å². The van der Waals surface area contributed by atoms with Gasteiger partial charge in [0.25, 0.3) is 5.56 Å². The van der Waals surface area contributed by atoms with Gasteiger partial charge < -0.3 is 23.5 Å². The molecule has 0 saturated heterocycles. The van der Waals surface area contributed by atoms with Crippen molar-refractivity contribution in [2.45, 2.75) is 58.7 Å². The van der Waals surface area contributed by atoms with E-state index in [-0.39, 0.29) is 31.9 Å². The molecule has 3 aliphatic rings. The zero-order valence-corrected chi connectivity index (χ0v) is 22.8. The first-order valence-electron chi connectivity index (χ1n) is 12.5. The van der Waals surface area contributed by atoms with Gasteiger partial charge in [0.1, 0.15) is 14.7 Å². The van der Waals surface area contributed by atoms with Crippen LogP contribution in [0.1, 0.15) is 42.5 Å². The minimum absolute atomic E-state index is 0.121. The Morgan fingerprint density at radius 2 is 1.87 bits per heavy atom. The third-order valence-electron chi connectivity index (χ3n) is 7.03. The quantitative estimate of drug-likeness (QED) is 0.220. The Bertz CT molecular complexity index is 1710. The molecule has 0 fully saturated rings. The number of aromatic nitrogens is 2. The summed E-state index contributed by atoms with van der Waals surface area (Å²) in [5.41, 5.74) is 5.51. The largest absolute Gasteiger partial charge is 0.457 e. The summed E-state index contributed by atoms with van der Waals surface area (Å²) in [5.74, 6) is 3.31. The SMILES string of the molecule is CC[C@@]1(OC(C)=O)C(=O)OCc2c1cc1n(c2=O)Cc2c-1nc1cc3c(cc1c2C#C[Si](C)(C)C)OCO3. The molecule has 1 aromatic carbocycles. The average Bonchev–Trinajstić information content (AvgIpc) is 3.46. The number of fused-ring (bicyclic) bond motifs is 6. The molecule has 6 rings (SSSR count). The topological polar surface area (TPSA) is 106 Å². The lowest BCUT2D eigenvalue weighted by atomic mass is 9.85. The first kappa shape index (κ1) is 24.2. The van der Waals surface area contributed by atoms with Crippen LogP contribution in [-0.2, 0) is 37.8 Å². The van der Waals surface area contributed by atoms with Gasteiger partial charge in [-0.25, -0.2) is 9.78 Å². The third kappa shape index (κ3) is 3.53. The average molecular weight is 531 g/mol. The van der Waals surface area contributed by atoms with Crippen molar-refractivity contribution in [3.05, 3.63) is 50.8 Å². The molecule has 0 unspecified atom stereocenters. The standard InChI is InChI=1S/C28H26N2O7Si/c1-6-28(37-15(2)31)20-10-22-25-18(12-30(22)26(32)19(20)13-34-27(28)33)16(7-8-38(3,4)5)17-9-23-24(36-14-35-23)11-21(17)29-25/h9-11H,6,12-14H2,1-5H3/t28-/m0/s1. The van der Waals surface area contributed by atoms with Gasteiger partial charge in [0.15, 0.2) is 11.5 Å². The summed E-state index contributed by atoms with van der Waals surface area (Å²) in [6, 6.07) is 5.46. The van der Waals surface area contributed by atoms with E-state index in [9.17, 15) is 14.4 Å². The first-order chi connectivity index (χ1) is 18.0. The molecule has 2 aromatic heterocycles. The number of cyclic esters (lactones) is 1. The van der Waals surface area contributed by atoms with E-state index in [1.165, 1.54) is 6.92 Å². The number of benzene rings is 1. The molecule has 38 heavy (non-hydrogen) atoms. The molecule has 1 atom stereocenters. The Kier molecular flexibility index (Phi) is 5.23. The maximum Gasteiger partial charge on any atom is 0.355 e. The highest BCUT2D eigenvalue weighted by Crippen LogP contribution is 2.43. The Balaban J connectivity index is 1.65. The molecule has 0 radical (unpaired) electrons. The minimum atomic E-state index is -1.75. The van der Waals surface area contributed by atoms with Crippen LogP contribution < -0.4 is 15.0 Å². The van der Waals surface area contributed by atoms with Gasteiger partial charge in [-0.1, -0.05) is 32.5 Å². The van der Waals surface area contributed by atoms with Crippen molar-refractivity contribution in [1.82, 2.24) is 9.55 Å². The molecule has 0 bridgehead atoms. The molecule has 5 heterocycles. The first-order valence-corrected chi connectivity index (χ1v) is 16.0. The van der Waals surface area contributed by atoms with Gasteiger partial charge in [-0.2, -0.15) is 0 Å². The van der Waals surface area contributed by atoms with E-state index < -0.39 is 25.6 Å². The van der Waals surface area contributed by atoms with Gasteiger partial charge in [0.05, 0.1) is 29.0 Å². The second kappa shape index (κ2) is 8.20. The molecule has 0 amide bonds. The summed E-state index contributed by atoms with van der Waals surface area (Å²) in [6.45, 7) is 9.67. The smallest absolute Gasteiger partial charge is 0.355 e. The normalized spacial score (nSPS) is 18.7. The van der Waals surface area contributed by atoms with E-state index >= 15 is 0 Å². The van der Waals surface area contributed by atoms with Crippen molar-refractivity contribution in [2.75, 3.05) is 6.79 Å². The highest BCUT2D eigenvalue weighted by Gasteiger charge is 2.50. The summed E-state index contributed by atoms with van der Waals surface area (Å²) >= 11 is 0. The van der Waals surface area contributed by atoms with E-state index in [2.05, 4.69) is 31.1 Å². The van der Waals surface area contributed by atoms with Gasteiger partial charge in [-0.3, -0.25) is 9.59 Å². The number of carbonyl (C=O) groups is 2. The summed E-state index contributed by atoms with van der Waals surface area (Å²) in [5, 5.41) is 0.825. The maximum atomic E-state index is 13.8. The predicted molar refractivity (Wildman–Crippen MR) is 140 cm³/mol. The number of hydrogen-bond acceptors (Lipinski definition) is 8. The van der Waals surface area contributed by atoms with Crippen LogP contribution in [0.25, 0.3) is 22.3 Å². The van der Waals surface area contributed by atoms with E-state index in [1.807, 2.05) is 12.1 Å². The van der Waals surface area contributed by atoms with Gasteiger partial charge in [-0.15, -0.1) is 5.54 Å². The molecule has 3 aromatic rings. The molecular weight excluding hydrogens is 504 g/mol. The van der Waals surface area contributed by atoms with E-state index in [0.29, 0.717) is 39.5 Å². The van der Waals surface area contributed by atoms with Crippen LogP contribution in [0.15, 0.2) is 23.0 Å². The molecule has 194 valence electrons. The number of esters is 2. The highest BCUT2D eigenvalue weighted by molar-refractivity contribution is 6.83. The monoisotopic (exact) mass is 530 g/mol. The Morgan fingerprint density at radius 1 is 1.13 bits per heavy atom. The number of nitrogens with zero attached hydrogens (tertiary/aromatic N) is 2. The van der Waals surface area contributed by atoms with Crippen LogP contribution >= 0.6 is 0 Å². The van der Waals surface area contributed by atoms with Gasteiger partial charge in [-0.05, 0) is 18.6 Å². The summed E-state index contributed by atoms with van der Waals surface area (Å²) in [4.78, 5) is 43.7. The van der Waals surface area contributed by atoms with Crippen molar-refractivity contribution in [2.24, 2.45) is 0 Å². The van der Waals surface area contributed by atoms with Crippen molar-refractivity contribution >= 4 is 30.9 Å². The maximum absolute atomic E-state index is 13.8. The zero-order valence-electron chi connectivity index (χ0n) is 21.8. The van der Waals surface area contributed by atoms with Crippen LogP contribution in [0.5, 0.6) is 11.5 Å².